The van der Waals surface area contributed by atoms with Crippen LogP contribution in [-0.4, -0.2) is 79.3 Å². The van der Waals surface area contributed by atoms with Crippen molar-refractivity contribution >= 4 is 24.0 Å². The molecule has 1 aromatic heterocycles. The minimum absolute atomic E-state index is 0. The van der Waals surface area contributed by atoms with E-state index < -0.39 is 21.8 Å². The Morgan fingerprint density at radius 3 is 2.23 bits per heavy atom. The number of benzene rings is 1. The number of fused-ring (bicyclic) bond motifs is 3. The van der Waals surface area contributed by atoms with Crippen molar-refractivity contribution < 1.29 is 38.1 Å². The van der Waals surface area contributed by atoms with Gasteiger partial charge in [-0.1, -0.05) is 33.3 Å². The standard InChI is InChI=1S/C26H30O5.C17H27NO3.ClH/c1-22(2)17(27)7-9-23(3)16-6-10-24(4)15(14-8-11-30-13-14)12-18-26(24,31-18)25(16,5)21(29)19(28)20(22)23;1-2-3-12-20-16-5-7-17(8-6-16)21-13-4-9-18-10-14-19-15-11-18;/h7-9,11,13,15-16,18,28H,6,10,12H2,1-5H3;5-8H,2-4,9-15H2,1H3;1H. The number of ether oxygens (including phenoxy) is 4. The summed E-state index contributed by atoms with van der Waals surface area (Å²) in [6.07, 6.45) is 13.1. The lowest BCUT2D eigenvalue weighted by atomic mass is 9.39. The molecule has 7 unspecified atom stereocenters. The molecule has 4 fully saturated rings. The van der Waals surface area contributed by atoms with Crippen molar-refractivity contribution in [3.8, 4) is 11.5 Å². The maximum Gasteiger partial charge on any atom is 0.206 e. The van der Waals surface area contributed by atoms with Gasteiger partial charge in [0, 0.05) is 30.5 Å². The molecule has 0 amide bonds. The number of epoxide rings is 1. The number of Topliss-reactive ketones (excluding diaryl/α,β-unsaturated/α-hetero) is 1. The molecule has 2 saturated carbocycles. The van der Waals surface area contributed by atoms with Gasteiger partial charge >= 0.3 is 0 Å². The second-order valence-corrected chi connectivity index (χ2v) is 16.9. The Hall–Kier alpha value is -3.11. The molecule has 53 heavy (non-hydrogen) atoms. The molecular weight excluding hydrogens is 694 g/mol. The number of carbonyl (C=O) groups excluding carboxylic acids is 2. The molecular formula is C43H58ClNO8. The summed E-state index contributed by atoms with van der Waals surface area (Å²) in [7, 11) is 0. The summed E-state index contributed by atoms with van der Waals surface area (Å²) in [5.74, 6) is 1.53. The average molecular weight is 752 g/mol. The van der Waals surface area contributed by atoms with E-state index in [0.29, 0.717) is 5.57 Å². The number of carbonyl (C=O) groups is 2. The van der Waals surface area contributed by atoms with Crippen molar-refractivity contribution in [3.63, 3.8) is 0 Å². The Bertz CT molecular complexity index is 1700. The van der Waals surface area contributed by atoms with E-state index in [1.54, 1.807) is 12.3 Å². The molecule has 4 aliphatic carbocycles. The number of nitrogens with zero attached hydrogens (tertiary/aromatic N) is 1. The van der Waals surface area contributed by atoms with Crippen LogP contribution in [0.1, 0.15) is 91.5 Å². The molecule has 2 aliphatic heterocycles. The fraction of sp³-hybridized carbons (Fsp3) is 0.628. The highest BCUT2D eigenvalue weighted by Gasteiger charge is 2.87. The predicted molar refractivity (Wildman–Crippen MR) is 205 cm³/mol. The fourth-order valence-corrected chi connectivity index (χ4v) is 11.1. The number of furan rings is 1. The van der Waals surface area contributed by atoms with E-state index in [-0.39, 0.29) is 53.1 Å². The summed E-state index contributed by atoms with van der Waals surface area (Å²) in [5.41, 5.74) is -1.40. The third kappa shape index (κ3) is 6.27. The fourth-order valence-electron chi connectivity index (χ4n) is 11.1. The minimum atomic E-state index is -0.901. The highest BCUT2D eigenvalue weighted by atomic mass is 35.5. The van der Waals surface area contributed by atoms with Gasteiger partial charge in [-0.2, -0.15) is 0 Å². The largest absolute Gasteiger partial charge is 0.504 e. The van der Waals surface area contributed by atoms with E-state index >= 15 is 0 Å². The van der Waals surface area contributed by atoms with Crippen LogP contribution in [0.4, 0.5) is 0 Å². The molecule has 290 valence electrons. The highest BCUT2D eigenvalue weighted by Crippen LogP contribution is 2.81. The van der Waals surface area contributed by atoms with Gasteiger partial charge in [-0.25, -0.2) is 0 Å². The first-order chi connectivity index (χ1) is 24.8. The van der Waals surface area contributed by atoms with Gasteiger partial charge < -0.3 is 28.5 Å². The quantitative estimate of drug-likeness (QED) is 0.189. The van der Waals surface area contributed by atoms with Crippen LogP contribution >= 0.6 is 12.4 Å². The lowest BCUT2D eigenvalue weighted by molar-refractivity contribution is -0.162. The van der Waals surface area contributed by atoms with Gasteiger partial charge in [0.25, 0.3) is 0 Å². The van der Waals surface area contributed by atoms with Crippen LogP contribution in [0.15, 0.2) is 70.8 Å². The SMILES string of the molecule is CC1(C)C(=O)C=CC2(C)C1=C(O)C(=O)C1(C)C2CCC2(C)C(c3ccoc3)CC3OC321.CCCCOc1ccc(OCCCN2CCOCC2)cc1.Cl. The van der Waals surface area contributed by atoms with Crippen LogP contribution in [0, 0.1) is 27.6 Å². The molecule has 9 nitrogen and oxygen atoms in total. The van der Waals surface area contributed by atoms with Crippen LogP contribution < -0.4 is 9.47 Å². The first-order valence-corrected chi connectivity index (χ1v) is 19.4. The zero-order valence-corrected chi connectivity index (χ0v) is 33.1. The van der Waals surface area contributed by atoms with Crippen molar-refractivity contribution in [3.05, 3.63) is 71.9 Å². The number of hydrogen-bond acceptors (Lipinski definition) is 9. The lowest BCUT2D eigenvalue weighted by Gasteiger charge is -2.62. The van der Waals surface area contributed by atoms with Crippen molar-refractivity contribution in [1.82, 2.24) is 4.90 Å². The van der Waals surface area contributed by atoms with Crippen molar-refractivity contribution in [2.24, 2.45) is 27.6 Å². The van der Waals surface area contributed by atoms with Gasteiger partial charge in [0.15, 0.2) is 11.5 Å². The summed E-state index contributed by atoms with van der Waals surface area (Å²) < 4.78 is 28.6. The van der Waals surface area contributed by atoms with Gasteiger partial charge in [0.1, 0.15) is 17.1 Å². The monoisotopic (exact) mass is 751 g/mol. The molecule has 0 radical (unpaired) electrons. The first-order valence-electron chi connectivity index (χ1n) is 19.4. The maximum atomic E-state index is 14.0. The number of unbranched alkanes of at least 4 members (excludes halogenated alkanes) is 1. The van der Waals surface area contributed by atoms with Crippen LogP contribution in [0.5, 0.6) is 11.5 Å². The lowest BCUT2D eigenvalue weighted by Crippen LogP contribution is -2.66. The van der Waals surface area contributed by atoms with Gasteiger partial charge in [0.05, 0.1) is 55.9 Å². The number of aliphatic hydroxyl groups is 1. The van der Waals surface area contributed by atoms with Crippen molar-refractivity contribution in [1.29, 1.82) is 0 Å². The average Bonchev–Trinajstić information content (AvgIpc) is 3.49. The second kappa shape index (κ2) is 14.9. The summed E-state index contributed by atoms with van der Waals surface area (Å²) in [5, 5.41) is 11.4. The normalized spacial score (nSPS) is 35.2. The van der Waals surface area contributed by atoms with Crippen molar-refractivity contribution in [2.45, 2.75) is 97.7 Å². The van der Waals surface area contributed by atoms with Gasteiger partial charge in [0.2, 0.25) is 5.78 Å². The van der Waals surface area contributed by atoms with E-state index in [1.807, 2.05) is 63.4 Å². The van der Waals surface area contributed by atoms with E-state index in [0.717, 1.165) is 96.1 Å². The molecule has 2 aromatic rings. The Kier molecular flexibility index (Phi) is 11.1. The first kappa shape index (κ1) is 39.6. The zero-order chi connectivity index (χ0) is 36.9. The Morgan fingerprint density at radius 1 is 0.943 bits per heavy atom. The number of hydrogen-bond donors (Lipinski definition) is 1. The van der Waals surface area contributed by atoms with Gasteiger partial charge in [-0.15, -0.1) is 12.4 Å². The maximum absolute atomic E-state index is 14.0. The zero-order valence-electron chi connectivity index (χ0n) is 32.3. The minimum Gasteiger partial charge on any atom is -0.504 e. The Morgan fingerprint density at radius 2 is 1.60 bits per heavy atom. The Balaban J connectivity index is 0.000000193. The number of ketones is 2. The molecule has 7 atom stereocenters. The third-order valence-corrected chi connectivity index (χ3v) is 13.7. The van der Waals surface area contributed by atoms with E-state index in [2.05, 4.69) is 25.7 Å². The number of morpholine rings is 1. The molecule has 3 heterocycles. The molecule has 1 N–H and O–H groups in total. The van der Waals surface area contributed by atoms with Crippen LogP contribution in [0.3, 0.4) is 0 Å². The van der Waals surface area contributed by atoms with Gasteiger partial charge in [-0.05, 0) is 112 Å². The second-order valence-electron chi connectivity index (χ2n) is 16.9. The topological polar surface area (TPSA) is 111 Å². The van der Waals surface area contributed by atoms with E-state index in [9.17, 15) is 14.7 Å². The smallest absolute Gasteiger partial charge is 0.206 e. The Labute approximate surface area is 320 Å². The van der Waals surface area contributed by atoms with Crippen LogP contribution in [-0.2, 0) is 19.1 Å². The molecule has 2 saturated heterocycles. The number of rotatable bonds is 10. The van der Waals surface area contributed by atoms with Gasteiger partial charge in [-0.3, -0.25) is 14.5 Å². The highest BCUT2D eigenvalue weighted by molar-refractivity contribution is 6.06. The third-order valence-electron chi connectivity index (χ3n) is 13.7. The van der Waals surface area contributed by atoms with E-state index in [1.165, 1.54) is 5.56 Å². The number of allylic oxidation sites excluding steroid dienone is 4. The molecule has 6 aliphatic rings. The van der Waals surface area contributed by atoms with Crippen molar-refractivity contribution in [2.75, 3.05) is 46.1 Å². The number of halogens is 1. The van der Waals surface area contributed by atoms with E-state index in [4.69, 9.17) is 23.4 Å². The summed E-state index contributed by atoms with van der Waals surface area (Å²) in [6, 6.07) is 9.95. The summed E-state index contributed by atoms with van der Waals surface area (Å²) in [4.78, 5) is 29.2. The summed E-state index contributed by atoms with van der Waals surface area (Å²) in [6.45, 7) is 18.6. The molecule has 1 spiro atoms. The molecule has 8 rings (SSSR count). The van der Waals surface area contributed by atoms with Crippen LogP contribution in [0.25, 0.3) is 0 Å². The molecule has 10 heteroatoms. The van der Waals surface area contributed by atoms with Crippen LogP contribution in [0.2, 0.25) is 0 Å². The number of aliphatic hydroxyl groups excluding tert-OH is 1. The predicted octanol–water partition coefficient (Wildman–Crippen LogP) is 8.28. The molecule has 0 bridgehead atoms. The summed E-state index contributed by atoms with van der Waals surface area (Å²) >= 11 is 0. The molecule has 1 aromatic carbocycles.